The van der Waals surface area contributed by atoms with Gasteiger partial charge in [-0.2, -0.15) is 0 Å². The number of hydrogen-bond donors (Lipinski definition) is 1. The average Bonchev–Trinajstić information content (AvgIpc) is 2.82. The Hall–Kier alpha value is -2.94. The number of anilines is 1. The maximum atomic E-state index is 12.9. The molecule has 0 radical (unpaired) electrons. The summed E-state index contributed by atoms with van der Waals surface area (Å²) in [6, 6.07) is 16.2. The quantitative estimate of drug-likeness (QED) is 0.392. The molecule has 1 N–H and O–H groups in total. The number of carbonyl (C=O) groups is 1. The maximum absolute atomic E-state index is 12.9. The summed E-state index contributed by atoms with van der Waals surface area (Å²) in [5, 5.41) is 3.66. The summed E-state index contributed by atoms with van der Waals surface area (Å²) in [4.78, 5) is 12.9. The van der Waals surface area contributed by atoms with Gasteiger partial charge in [-0.3, -0.25) is 9.10 Å². The molecule has 1 atom stereocenters. The van der Waals surface area contributed by atoms with Gasteiger partial charge in [0.25, 0.3) is 5.91 Å². The summed E-state index contributed by atoms with van der Waals surface area (Å²) in [5.41, 5.74) is 2.00. The Morgan fingerprint density at radius 2 is 1.63 bits per heavy atom. The Morgan fingerprint density at radius 3 is 2.17 bits per heavy atom. The first-order chi connectivity index (χ1) is 16.5. The molecule has 0 aliphatic heterocycles. The largest absolute Gasteiger partial charge is 0.497 e. The molecule has 0 heterocycles. The van der Waals surface area contributed by atoms with Crippen LogP contribution in [-0.4, -0.2) is 34.8 Å². The van der Waals surface area contributed by atoms with Gasteiger partial charge in [-0.25, -0.2) is 8.42 Å². The van der Waals surface area contributed by atoms with E-state index in [0.717, 1.165) is 11.8 Å². The fourth-order valence-corrected chi connectivity index (χ4v) is 4.93. The van der Waals surface area contributed by atoms with Crippen molar-refractivity contribution in [2.24, 2.45) is 0 Å². The minimum Gasteiger partial charge on any atom is -0.497 e. The van der Waals surface area contributed by atoms with Gasteiger partial charge in [0.05, 0.1) is 38.7 Å². The van der Waals surface area contributed by atoms with Crippen LogP contribution in [0.25, 0.3) is 0 Å². The van der Waals surface area contributed by atoms with E-state index < -0.39 is 10.0 Å². The molecule has 0 aromatic heterocycles. The molecule has 0 fully saturated rings. The molecule has 186 valence electrons. The van der Waals surface area contributed by atoms with E-state index in [9.17, 15) is 13.2 Å². The van der Waals surface area contributed by atoms with Gasteiger partial charge in [0.1, 0.15) is 11.5 Å². The van der Waals surface area contributed by atoms with Gasteiger partial charge < -0.3 is 14.8 Å². The zero-order valence-corrected chi connectivity index (χ0v) is 22.0. The van der Waals surface area contributed by atoms with Gasteiger partial charge in [0.15, 0.2) is 0 Å². The summed E-state index contributed by atoms with van der Waals surface area (Å²) in [7, 11) is -0.540. The molecule has 3 aromatic carbocycles. The number of nitrogens with one attached hydrogen (secondary N) is 1. The molecule has 1 amide bonds. The summed E-state index contributed by atoms with van der Waals surface area (Å²) in [6.45, 7) is 1.79. The fourth-order valence-electron chi connectivity index (χ4n) is 3.54. The third kappa shape index (κ3) is 6.39. The summed E-state index contributed by atoms with van der Waals surface area (Å²) in [5.74, 6) is 0.940. The number of carbonyl (C=O) groups excluding carboxylic acids is 1. The van der Waals surface area contributed by atoms with Crippen molar-refractivity contribution in [3.05, 3.63) is 87.4 Å². The number of rotatable bonds is 9. The normalized spacial score (nSPS) is 12.1. The number of benzene rings is 3. The Bertz CT molecular complexity index is 1290. The molecular formula is C25H26Cl2N2O5S. The molecule has 1 unspecified atom stereocenters. The smallest absolute Gasteiger partial charge is 0.251 e. The Balaban J connectivity index is 1.82. The molecule has 3 aromatic rings. The molecule has 3 rings (SSSR count). The number of halogens is 2. The second-order valence-corrected chi connectivity index (χ2v) is 10.5. The van der Waals surface area contributed by atoms with Crippen LogP contribution in [0.2, 0.25) is 10.0 Å². The Kier molecular flexibility index (Phi) is 8.53. The molecule has 0 saturated carbocycles. The van der Waals surface area contributed by atoms with Crippen LogP contribution in [0.15, 0.2) is 60.7 Å². The van der Waals surface area contributed by atoms with E-state index in [1.54, 1.807) is 74.9 Å². The lowest BCUT2D eigenvalue weighted by Gasteiger charge is -2.24. The van der Waals surface area contributed by atoms with Gasteiger partial charge in [-0.1, -0.05) is 29.3 Å². The third-order valence-electron chi connectivity index (χ3n) is 5.43. The van der Waals surface area contributed by atoms with E-state index in [0.29, 0.717) is 38.4 Å². The third-order valence-corrected chi connectivity index (χ3v) is 7.28. The summed E-state index contributed by atoms with van der Waals surface area (Å²) < 4.78 is 36.9. The zero-order chi connectivity index (χ0) is 25.8. The van der Waals surface area contributed by atoms with Crippen molar-refractivity contribution in [1.29, 1.82) is 0 Å². The molecule has 0 aliphatic carbocycles. The van der Waals surface area contributed by atoms with E-state index >= 15 is 0 Å². The highest BCUT2D eigenvalue weighted by molar-refractivity contribution is 7.92. The van der Waals surface area contributed by atoms with Crippen molar-refractivity contribution in [2.75, 3.05) is 24.8 Å². The van der Waals surface area contributed by atoms with Crippen LogP contribution in [0, 0.1) is 0 Å². The standard InChI is InChI=1S/C25H26Cl2N2O5S/c1-16(20-14-19(33-2)12-13-24(20)34-3)28-25(30)17-8-10-18(11-9-17)29(35(4,31)32)15-21-22(26)6-5-7-23(21)27/h5-14,16H,15H2,1-4H3,(H,28,30). The average molecular weight is 537 g/mol. The van der Waals surface area contributed by atoms with Crippen molar-refractivity contribution >= 4 is 44.8 Å². The van der Waals surface area contributed by atoms with Crippen molar-refractivity contribution in [2.45, 2.75) is 19.5 Å². The Morgan fingerprint density at radius 1 is 1.00 bits per heavy atom. The van der Waals surface area contributed by atoms with Crippen molar-refractivity contribution in [1.82, 2.24) is 5.32 Å². The SMILES string of the molecule is COc1ccc(OC)c(C(C)NC(=O)c2ccc(N(Cc3c(Cl)cccc3Cl)S(C)(=O)=O)cc2)c1. The molecule has 10 heteroatoms. The van der Waals surface area contributed by atoms with Gasteiger partial charge in [-0.05, 0) is 61.5 Å². The van der Waals surface area contributed by atoms with E-state index in [2.05, 4.69) is 5.32 Å². The molecule has 0 bridgehead atoms. The lowest BCUT2D eigenvalue weighted by atomic mass is 10.1. The van der Waals surface area contributed by atoms with Crippen LogP contribution < -0.4 is 19.1 Å². The van der Waals surface area contributed by atoms with Crippen LogP contribution in [-0.2, 0) is 16.6 Å². The number of methoxy groups -OCH3 is 2. The zero-order valence-electron chi connectivity index (χ0n) is 19.7. The van der Waals surface area contributed by atoms with Gasteiger partial charge in [0.2, 0.25) is 10.0 Å². The van der Waals surface area contributed by atoms with Gasteiger partial charge in [-0.15, -0.1) is 0 Å². The number of amides is 1. The molecule has 0 saturated heterocycles. The summed E-state index contributed by atoms with van der Waals surface area (Å²) >= 11 is 12.5. The van der Waals surface area contributed by atoms with Crippen LogP contribution in [0.4, 0.5) is 5.69 Å². The van der Waals surface area contributed by atoms with Crippen LogP contribution in [0.5, 0.6) is 11.5 Å². The van der Waals surface area contributed by atoms with Crippen molar-refractivity contribution < 1.29 is 22.7 Å². The van der Waals surface area contributed by atoms with Gasteiger partial charge in [0, 0.05) is 26.7 Å². The van der Waals surface area contributed by atoms with Crippen molar-refractivity contribution in [3.8, 4) is 11.5 Å². The van der Waals surface area contributed by atoms with Crippen LogP contribution >= 0.6 is 23.2 Å². The molecule has 7 nitrogen and oxygen atoms in total. The number of sulfonamides is 1. The first-order valence-electron chi connectivity index (χ1n) is 10.6. The van der Waals surface area contributed by atoms with Gasteiger partial charge >= 0.3 is 0 Å². The first-order valence-corrected chi connectivity index (χ1v) is 13.2. The number of nitrogens with zero attached hydrogens (tertiary/aromatic N) is 1. The highest BCUT2D eigenvalue weighted by Gasteiger charge is 2.22. The van der Waals surface area contributed by atoms with Crippen molar-refractivity contribution in [3.63, 3.8) is 0 Å². The lowest BCUT2D eigenvalue weighted by molar-refractivity contribution is 0.0939. The second-order valence-electron chi connectivity index (χ2n) is 7.82. The van der Waals surface area contributed by atoms with Crippen LogP contribution in [0.1, 0.15) is 34.5 Å². The molecular weight excluding hydrogens is 511 g/mol. The lowest BCUT2D eigenvalue weighted by Crippen LogP contribution is -2.30. The highest BCUT2D eigenvalue weighted by Crippen LogP contribution is 2.31. The predicted octanol–water partition coefficient (Wildman–Crippen LogP) is 5.47. The molecule has 0 aliphatic rings. The van der Waals surface area contributed by atoms with E-state index in [4.69, 9.17) is 32.7 Å². The van der Waals surface area contributed by atoms with E-state index in [-0.39, 0.29) is 18.5 Å². The predicted molar refractivity (Wildman–Crippen MR) is 139 cm³/mol. The van der Waals surface area contributed by atoms with E-state index in [1.807, 2.05) is 6.92 Å². The monoisotopic (exact) mass is 536 g/mol. The number of ether oxygens (including phenoxy) is 2. The molecule has 0 spiro atoms. The molecule has 35 heavy (non-hydrogen) atoms. The second kappa shape index (κ2) is 11.2. The minimum atomic E-state index is -3.66. The first kappa shape index (κ1) is 26.7. The van der Waals surface area contributed by atoms with E-state index in [1.165, 1.54) is 4.31 Å². The maximum Gasteiger partial charge on any atom is 0.251 e. The number of hydrogen-bond acceptors (Lipinski definition) is 5. The highest BCUT2D eigenvalue weighted by atomic mass is 35.5. The fraction of sp³-hybridized carbons (Fsp3) is 0.240. The summed E-state index contributed by atoms with van der Waals surface area (Å²) in [6.07, 6.45) is 1.10. The minimum absolute atomic E-state index is 0.0461. The topological polar surface area (TPSA) is 84.9 Å². The Labute approximate surface area is 215 Å². The van der Waals surface area contributed by atoms with Crippen LogP contribution in [0.3, 0.4) is 0 Å².